The van der Waals surface area contributed by atoms with Gasteiger partial charge in [-0.15, -0.1) is 5.10 Å². The van der Waals surface area contributed by atoms with E-state index in [4.69, 9.17) is 21.1 Å². The predicted octanol–water partition coefficient (Wildman–Crippen LogP) is 3.20. The first-order valence-electron chi connectivity index (χ1n) is 9.25. The molecular weight excluding hydrogens is 392 g/mol. The van der Waals surface area contributed by atoms with E-state index in [1.54, 1.807) is 30.0 Å². The lowest BCUT2D eigenvalue weighted by Gasteiger charge is -2.29. The van der Waals surface area contributed by atoms with Crippen LogP contribution in [-0.4, -0.2) is 46.6 Å². The van der Waals surface area contributed by atoms with Gasteiger partial charge in [0.25, 0.3) is 5.91 Å². The van der Waals surface area contributed by atoms with Crippen LogP contribution in [0.25, 0.3) is 0 Å². The number of halogens is 1. The minimum Gasteiger partial charge on any atom is -0.493 e. The maximum atomic E-state index is 12.9. The van der Waals surface area contributed by atoms with Gasteiger partial charge in [-0.3, -0.25) is 4.79 Å². The second kappa shape index (κ2) is 8.13. The predicted molar refractivity (Wildman–Crippen MR) is 109 cm³/mol. The number of nitrogens with zero attached hydrogens (tertiary/aromatic N) is 4. The lowest BCUT2D eigenvalue weighted by atomic mass is 9.98. The highest BCUT2D eigenvalue weighted by molar-refractivity contribution is 6.31. The van der Waals surface area contributed by atoms with Crippen LogP contribution >= 0.6 is 11.6 Å². The highest BCUT2D eigenvalue weighted by Gasteiger charge is 2.25. The van der Waals surface area contributed by atoms with Crippen molar-refractivity contribution in [3.05, 3.63) is 70.0 Å². The zero-order valence-corrected chi connectivity index (χ0v) is 17.0. The van der Waals surface area contributed by atoms with Gasteiger partial charge in [-0.2, -0.15) is 0 Å². The molecule has 2 aromatic carbocycles. The maximum absolute atomic E-state index is 12.9. The summed E-state index contributed by atoms with van der Waals surface area (Å²) in [6.07, 6.45) is 2.41. The second-order valence-corrected chi connectivity index (χ2v) is 7.25. The summed E-state index contributed by atoms with van der Waals surface area (Å²) < 4.78 is 12.4. The van der Waals surface area contributed by atoms with Crippen molar-refractivity contribution < 1.29 is 14.3 Å². The molecule has 4 rings (SSSR count). The molecule has 2 heterocycles. The number of ether oxygens (including phenoxy) is 2. The fraction of sp³-hybridized carbons (Fsp3) is 0.286. The van der Waals surface area contributed by atoms with Gasteiger partial charge in [0.15, 0.2) is 17.2 Å². The number of rotatable bonds is 5. The number of aromatic nitrogens is 3. The van der Waals surface area contributed by atoms with Crippen molar-refractivity contribution in [1.29, 1.82) is 0 Å². The van der Waals surface area contributed by atoms with Gasteiger partial charge in [0.05, 0.1) is 27.0 Å². The number of methoxy groups -OCH3 is 2. The molecule has 0 atom stereocenters. The van der Waals surface area contributed by atoms with Gasteiger partial charge < -0.3 is 14.4 Å². The molecule has 1 aliphatic rings. The third-order valence-corrected chi connectivity index (χ3v) is 5.42. The van der Waals surface area contributed by atoms with E-state index in [0.29, 0.717) is 41.8 Å². The Balaban J connectivity index is 1.50. The van der Waals surface area contributed by atoms with E-state index in [0.717, 1.165) is 23.1 Å². The minimum atomic E-state index is -0.143. The van der Waals surface area contributed by atoms with Crippen molar-refractivity contribution in [2.24, 2.45) is 0 Å². The quantitative estimate of drug-likeness (QED) is 0.643. The Morgan fingerprint density at radius 2 is 1.86 bits per heavy atom. The summed E-state index contributed by atoms with van der Waals surface area (Å²) in [5, 5.41) is 8.82. The average Bonchev–Trinajstić information content (AvgIpc) is 3.22. The zero-order chi connectivity index (χ0) is 20.4. The second-order valence-electron chi connectivity index (χ2n) is 6.85. The standard InChI is InChI=1S/C21H21ClN4O3/c1-28-19-9-14-7-8-25(11-16(14)10-20(19)29-2)21(27)18-13-26(24-23-18)12-15-5-3-4-6-17(15)22/h3-6,9-10,13H,7-8,11-12H2,1-2H3. The summed E-state index contributed by atoms with van der Waals surface area (Å²) in [5.41, 5.74) is 3.45. The van der Waals surface area contributed by atoms with Gasteiger partial charge in [-0.05, 0) is 41.3 Å². The molecule has 0 radical (unpaired) electrons. The van der Waals surface area contributed by atoms with Crippen LogP contribution in [0.2, 0.25) is 5.02 Å². The first-order chi connectivity index (χ1) is 14.1. The van der Waals surface area contributed by atoms with Gasteiger partial charge in [-0.1, -0.05) is 35.0 Å². The maximum Gasteiger partial charge on any atom is 0.276 e. The molecule has 0 N–H and O–H groups in total. The normalized spacial score (nSPS) is 13.1. The Labute approximate surface area is 173 Å². The monoisotopic (exact) mass is 412 g/mol. The Morgan fingerprint density at radius 3 is 2.59 bits per heavy atom. The van der Waals surface area contributed by atoms with E-state index in [9.17, 15) is 4.79 Å². The molecule has 1 amide bonds. The van der Waals surface area contributed by atoms with E-state index in [-0.39, 0.29) is 5.91 Å². The summed E-state index contributed by atoms with van der Waals surface area (Å²) in [7, 11) is 3.22. The van der Waals surface area contributed by atoms with Crippen LogP contribution in [0.1, 0.15) is 27.2 Å². The molecule has 0 spiro atoms. The number of carbonyl (C=O) groups is 1. The number of amides is 1. The van der Waals surface area contributed by atoms with Crippen molar-refractivity contribution >= 4 is 17.5 Å². The van der Waals surface area contributed by atoms with Crippen molar-refractivity contribution in [1.82, 2.24) is 19.9 Å². The zero-order valence-electron chi connectivity index (χ0n) is 16.3. The molecule has 7 nitrogen and oxygen atoms in total. The Morgan fingerprint density at radius 1 is 1.14 bits per heavy atom. The van der Waals surface area contributed by atoms with Crippen molar-refractivity contribution in [3.8, 4) is 11.5 Å². The SMILES string of the molecule is COc1cc2c(cc1OC)CN(C(=O)c1cn(Cc3ccccc3Cl)nn1)CC2. The molecule has 150 valence electrons. The number of fused-ring (bicyclic) bond motifs is 1. The van der Waals surface area contributed by atoms with Gasteiger partial charge >= 0.3 is 0 Å². The molecule has 0 fully saturated rings. The molecule has 0 aliphatic carbocycles. The third-order valence-electron chi connectivity index (χ3n) is 5.05. The summed E-state index contributed by atoms with van der Waals surface area (Å²) in [5.74, 6) is 1.22. The van der Waals surface area contributed by atoms with Gasteiger partial charge in [0, 0.05) is 18.1 Å². The molecule has 1 aromatic heterocycles. The first kappa shape index (κ1) is 19.3. The van der Waals surface area contributed by atoms with E-state index >= 15 is 0 Å². The number of carbonyl (C=O) groups excluding carboxylic acids is 1. The van der Waals surface area contributed by atoms with E-state index in [2.05, 4.69) is 10.3 Å². The van der Waals surface area contributed by atoms with Crippen LogP contribution in [-0.2, 0) is 19.5 Å². The Kier molecular flexibility index (Phi) is 5.40. The topological polar surface area (TPSA) is 69.5 Å². The van der Waals surface area contributed by atoms with Crippen LogP contribution in [0.15, 0.2) is 42.6 Å². The van der Waals surface area contributed by atoms with Crippen LogP contribution in [0, 0.1) is 0 Å². The Bertz CT molecular complexity index is 1050. The minimum absolute atomic E-state index is 0.143. The lowest BCUT2D eigenvalue weighted by Crippen LogP contribution is -2.36. The molecule has 0 bridgehead atoms. The van der Waals surface area contributed by atoms with Crippen LogP contribution in [0.5, 0.6) is 11.5 Å². The number of hydrogen-bond acceptors (Lipinski definition) is 5. The van der Waals surface area contributed by atoms with Crippen molar-refractivity contribution in [2.45, 2.75) is 19.5 Å². The molecule has 8 heteroatoms. The summed E-state index contributed by atoms with van der Waals surface area (Å²) >= 11 is 6.20. The van der Waals surface area contributed by atoms with Crippen LogP contribution < -0.4 is 9.47 Å². The highest BCUT2D eigenvalue weighted by Crippen LogP contribution is 2.33. The van der Waals surface area contributed by atoms with Gasteiger partial charge in [0.1, 0.15) is 0 Å². The average molecular weight is 413 g/mol. The summed E-state index contributed by atoms with van der Waals surface area (Å²) in [4.78, 5) is 14.7. The lowest BCUT2D eigenvalue weighted by molar-refractivity contribution is 0.0728. The molecule has 3 aromatic rings. The van der Waals surface area contributed by atoms with E-state index in [1.807, 2.05) is 36.4 Å². The molecular formula is C21H21ClN4O3. The fourth-order valence-corrected chi connectivity index (χ4v) is 3.69. The van der Waals surface area contributed by atoms with Crippen LogP contribution in [0.4, 0.5) is 0 Å². The smallest absolute Gasteiger partial charge is 0.276 e. The van der Waals surface area contributed by atoms with Gasteiger partial charge in [-0.25, -0.2) is 4.68 Å². The Hall–Kier alpha value is -3.06. The fourth-order valence-electron chi connectivity index (χ4n) is 3.49. The van der Waals surface area contributed by atoms with E-state index < -0.39 is 0 Å². The third kappa shape index (κ3) is 3.91. The largest absolute Gasteiger partial charge is 0.493 e. The molecule has 0 unspecified atom stereocenters. The first-order valence-corrected chi connectivity index (χ1v) is 9.63. The number of hydrogen-bond donors (Lipinski definition) is 0. The van der Waals surface area contributed by atoms with Crippen molar-refractivity contribution in [3.63, 3.8) is 0 Å². The summed E-state index contributed by atoms with van der Waals surface area (Å²) in [6.45, 7) is 1.56. The number of benzene rings is 2. The van der Waals surface area contributed by atoms with Gasteiger partial charge in [0.2, 0.25) is 0 Å². The molecule has 1 aliphatic heterocycles. The van der Waals surface area contributed by atoms with Crippen LogP contribution in [0.3, 0.4) is 0 Å². The molecule has 0 saturated carbocycles. The van der Waals surface area contributed by atoms with E-state index in [1.165, 1.54) is 0 Å². The molecule has 29 heavy (non-hydrogen) atoms. The highest BCUT2D eigenvalue weighted by atomic mass is 35.5. The molecule has 0 saturated heterocycles. The summed E-state index contributed by atoms with van der Waals surface area (Å²) in [6, 6.07) is 11.5. The van der Waals surface area contributed by atoms with Crippen molar-refractivity contribution in [2.75, 3.05) is 20.8 Å².